The fraction of sp³-hybridized carbons (Fsp3) is 0.714. The maximum absolute atomic E-state index is 5.97. The standard InChI is InChI=1S/C14H24N4/c1-9(2)12-13(15)16-8-17-14(12)18-11-7-5-4-6-10(11)3/h8-11H,4-7H2,1-3H3,(H3,15,16,17,18). The molecule has 1 saturated carbocycles. The first-order valence-electron chi connectivity index (χ1n) is 6.96. The van der Waals surface area contributed by atoms with Crippen LogP contribution in [0.15, 0.2) is 6.33 Å². The van der Waals surface area contributed by atoms with Crippen LogP contribution in [0.2, 0.25) is 0 Å². The second-order valence-electron chi connectivity index (χ2n) is 5.69. The molecular weight excluding hydrogens is 224 g/mol. The Morgan fingerprint density at radius 3 is 2.67 bits per heavy atom. The summed E-state index contributed by atoms with van der Waals surface area (Å²) in [6.45, 7) is 6.57. The number of hydrogen-bond donors (Lipinski definition) is 2. The Balaban J connectivity index is 2.20. The highest BCUT2D eigenvalue weighted by molar-refractivity contribution is 5.57. The Bertz CT molecular complexity index is 403. The van der Waals surface area contributed by atoms with Crippen LogP contribution in [0.1, 0.15) is 57.9 Å². The molecule has 0 amide bonds. The number of anilines is 2. The minimum atomic E-state index is 0.340. The summed E-state index contributed by atoms with van der Waals surface area (Å²) in [5, 5.41) is 3.59. The quantitative estimate of drug-likeness (QED) is 0.862. The molecule has 0 spiro atoms. The number of nitrogens with zero attached hydrogens (tertiary/aromatic N) is 2. The number of hydrogen-bond acceptors (Lipinski definition) is 4. The van der Waals surface area contributed by atoms with Gasteiger partial charge in [0.2, 0.25) is 0 Å². The van der Waals surface area contributed by atoms with E-state index in [2.05, 4.69) is 36.1 Å². The monoisotopic (exact) mass is 248 g/mol. The molecule has 0 radical (unpaired) electrons. The minimum Gasteiger partial charge on any atom is -0.383 e. The van der Waals surface area contributed by atoms with E-state index >= 15 is 0 Å². The van der Waals surface area contributed by atoms with E-state index in [1.54, 1.807) is 6.33 Å². The van der Waals surface area contributed by atoms with Gasteiger partial charge in [0, 0.05) is 11.6 Å². The smallest absolute Gasteiger partial charge is 0.135 e. The van der Waals surface area contributed by atoms with E-state index in [0.717, 1.165) is 11.4 Å². The molecule has 2 rings (SSSR count). The van der Waals surface area contributed by atoms with Crippen LogP contribution >= 0.6 is 0 Å². The fourth-order valence-corrected chi connectivity index (χ4v) is 2.80. The molecule has 1 aliphatic carbocycles. The zero-order valence-electron chi connectivity index (χ0n) is 11.6. The summed E-state index contributed by atoms with van der Waals surface area (Å²) in [6, 6.07) is 0.519. The van der Waals surface area contributed by atoms with Gasteiger partial charge in [-0.25, -0.2) is 9.97 Å². The van der Waals surface area contributed by atoms with Crippen molar-refractivity contribution in [1.82, 2.24) is 9.97 Å². The van der Waals surface area contributed by atoms with Crippen molar-refractivity contribution >= 4 is 11.6 Å². The molecule has 2 atom stereocenters. The Kier molecular flexibility index (Phi) is 4.04. The summed E-state index contributed by atoms with van der Waals surface area (Å²) in [5.74, 6) is 2.57. The third-order valence-corrected chi connectivity index (χ3v) is 3.93. The van der Waals surface area contributed by atoms with Crippen LogP contribution in [0.25, 0.3) is 0 Å². The average Bonchev–Trinajstić information content (AvgIpc) is 2.31. The third kappa shape index (κ3) is 2.74. The summed E-state index contributed by atoms with van der Waals surface area (Å²) in [6.07, 6.45) is 6.73. The van der Waals surface area contributed by atoms with Gasteiger partial charge in [0.15, 0.2) is 0 Å². The molecule has 1 fully saturated rings. The van der Waals surface area contributed by atoms with Crippen molar-refractivity contribution in [3.8, 4) is 0 Å². The zero-order valence-corrected chi connectivity index (χ0v) is 11.6. The molecule has 100 valence electrons. The first kappa shape index (κ1) is 13.1. The Labute approximate surface area is 109 Å². The highest BCUT2D eigenvalue weighted by Gasteiger charge is 2.23. The van der Waals surface area contributed by atoms with E-state index in [4.69, 9.17) is 5.73 Å². The molecule has 0 saturated heterocycles. The van der Waals surface area contributed by atoms with Gasteiger partial charge in [0.25, 0.3) is 0 Å². The Morgan fingerprint density at radius 1 is 1.28 bits per heavy atom. The van der Waals surface area contributed by atoms with Crippen LogP contribution in [0.3, 0.4) is 0 Å². The van der Waals surface area contributed by atoms with Crippen LogP contribution < -0.4 is 11.1 Å². The van der Waals surface area contributed by atoms with Gasteiger partial charge >= 0.3 is 0 Å². The van der Waals surface area contributed by atoms with E-state index in [1.807, 2.05) is 0 Å². The maximum Gasteiger partial charge on any atom is 0.135 e. The first-order valence-corrected chi connectivity index (χ1v) is 6.96. The highest BCUT2D eigenvalue weighted by Crippen LogP contribution is 2.31. The van der Waals surface area contributed by atoms with E-state index in [1.165, 1.54) is 25.7 Å². The molecule has 4 heteroatoms. The van der Waals surface area contributed by atoms with Crippen molar-refractivity contribution in [3.63, 3.8) is 0 Å². The normalized spacial score (nSPS) is 24.2. The Morgan fingerprint density at radius 2 is 2.00 bits per heavy atom. The maximum atomic E-state index is 5.97. The second kappa shape index (κ2) is 5.55. The van der Waals surface area contributed by atoms with Crippen LogP contribution in [-0.2, 0) is 0 Å². The van der Waals surface area contributed by atoms with Gasteiger partial charge in [-0.3, -0.25) is 0 Å². The molecule has 1 aromatic heterocycles. The van der Waals surface area contributed by atoms with Crippen molar-refractivity contribution in [2.24, 2.45) is 5.92 Å². The van der Waals surface area contributed by atoms with Crippen molar-refractivity contribution < 1.29 is 0 Å². The van der Waals surface area contributed by atoms with Crippen LogP contribution in [0, 0.1) is 5.92 Å². The highest BCUT2D eigenvalue weighted by atomic mass is 15.1. The van der Waals surface area contributed by atoms with Gasteiger partial charge in [-0.2, -0.15) is 0 Å². The molecular formula is C14H24N4. The number of nitrogens with one attached hydrogen (secondary N) is 1. The molecule has 18 heavy (non-hydrogen) atoms. The molecule has 1 aromatic rings. The fourth-order valence-electron chi connectivity index (χ4n) is 2.80. The lowest BCUT2D eigenvalue weighted by atomic mass is 9.86. The predicted molar refractivity (Wildman–Crippen MR) is 75.6 cm³/mol. The van der Waals surface area contributed by atoms with Gasteiger partial charge in [-0.1, -0.05) is 33.6 Å². The summed E-state index contributed by atoms with van der Waals surface area (Å²) in [5.41, 5.74) is 7.02. The zero-order chi connectivity index (χ0) is 13.1. The lowest BCUT2D eigenvalue weighted by Crippen LogP contribution is -2.31. The van der Waals surface area contributed by atoms with Gasteiger partial charge < -0.3 is 11.1 Å². The van der Waals surface area contributed by atoms with E-state index < -0.39 is 0 Å². The summed E-state index contributed by atoms with van der Waals surface area (Å²) in [7, 11) is 0. The van der Waals surface area contributed by atoms with Gasteiger partial charge in [-0.15, -0.1) is 0 Å². The summed E-state index contributed by atoms with van der Waals surface area (Å²) < 4.78 is 0. The molecule has 3 N–H and O–H groups in total. The SMILES string of the molecule is CC(C)c1c(N)ncnc1NC1CCCCC1C. The number of aromatic nitrogens is 2. The Hall–Kier alpha value is -1.32. The predicted octanol–water partition coefficient (Wildman–Crippen LogP) is 3.17. The number of rotatable bonds is 3. The number of nitrogen functional groups attached to an aromatic ring is 1. The van der Waals surface area contributed by atoms with Gasteiger partial charge in [0.05, 0.1) is 0 Å². The number of nitrogens with two attached hydrogens (primary N) is 1. The van der Waals surface area contributed by atoms with Crippen molar-refractivity contribution in [2.75, 3.05) is 11.1 Å². The minimum absolute atomic E-state index is 0.340. The van der Waals surface area contributed by atoms with Gasteiger partial charge in [-0.05, 0) is 24.7 Å². The molecule has 2 unspecified atom stereocenters. The lowest BCUT2D eigenvalue weighted by Gasteiger charge is -2.31. The summed E-state index contributed by atoms with van der Waals surface area (Å²) >= 11 is 0. The van der Waals surface area contributed by atoms with Crippen molar-refractivity contribution in [1.29, 1.82) is 0 Å². The van der Waals surface area contributed by atoms with E-state index in [9.17, 15) is 0 Å². The average molecular weight is 248 g/mol. The van der Waals surface area contributed by atoms with Crippen LogP contribution in [-0.4, -0.2) is 16.0 Å². The second-order valence-corrected chi connectivity index (χ2v) is 5.69. The van der Waals surface area contributed by atoms with Crippen molar-refractivity contribution in [2.45, 2.75) is 58.4 Å². The lowest BCUT2D eigenvalue weighted by molar-refractivity contribution is 0.348. The van der Waals surface area contributed by atoms with E-state index in [-0.39, 0.29) is 0 Å². The molecule has 0 bridgehead atoms. The third-order valence-electron chi connectivity index (χ3n) is 3.93. The topological polar surface area (TPSA) is 63.8 Å². The van der Waals surface area contributed by atoms with Crippen molar-refractivity contribution in [3.05, 3.63) is 11.9 Å². The van der Waals surface area contributed by atoms with Crippen LogP contribution in [0.5, 0.6) is 0 Å². The first-order chi connectivity index (χ1) is 8.59. The molecule has 0 aliphatic heterocycles. The van der Waals surface area contributed by atoms with Crippen LogP contribution in [0.4, 0.5) is 11.6 Å². The van der Waals surface area contributed by atoms with Gasteiger partial charge in [0.1, 0.15) is 18.0 Å². The molecule has 0 aromatic carbocycles. The molecule has 1 heterocycles. The molecule has 1 aliphatic rings. The largest absolute Gasteiger partial charge is 0.383 e. The van der Waals surface area contributed by atoms with E-state index in [0.29, 0.717) is 23.7 Å². The summed E-state index contributed by atoms with van der Waals surface area (Å²) in [4.78, 5) is 8.49. The molecule has 4 nitrogen and oxygen atoms in total.